The van der Waals surface area contributed by atoms with Crippen LogP contribution in [0.25, 0.3) is 0 Å². The van der Waals surface area contributed by atoms with E-state index in [9.17, 15) is 0 Å². The van der Waals surface area contributed by atoms with Crippen LogP contribution >= 0.6 is 15.9 Å². The summed E-state index contributed by atoms with van der Waals surface area (Å²) in [7, 11) is 2.22. The van der Waals surface area contributed by atoms with Crippen molar-refractivity contribution in [2.75, 3.05) is 20.1 Å². The Hall–Kier alpha value is -0.380. The maximum atomic E-state index is 6.13. The molecule has 0 amide bonds. The lowest BCUT2D eigenvalue weighted by molar-refractivity contribution is 0.0981. The quantitative estimate of drug-likeness (QED) is 0.877. The largest absolute Gasteiger partial charge is 0.330 e. The van der Waals surface area contributed by atoms with Gasteiger partial charge in [-0.2, -0.15) is 0 Å². The van der Waals surface area contributed by atoms with Gasteiger partial charge in [0.25, 0.3) is 0 Å². The zero-order chi connectivity index (χ0) is 14.6. The number of halogens is 1. The maximum Gasteiger partial charge on any atom is 0.0230 e. The smallest absolute Gasteiger partial charge is 0.0230 e. The number of hydrogen-bond acceptors (Lipinski definition) is 2. The van der Waals surface area contributed by atoms with Gasteiger partial charge in [-0.3, -0.25) is 0 Å². The Balaban J connectivity index is 1.95. The highest BCUT2D eigenvalue weighted by atomic mass is 79.9. The molecule has 0 saturated heterocycles. The zero-order valence-corrected chi connectivity index (χ0v) is 14.3. The van der Waals surface area contributed by atoms with Gasteiger partial charge >= 0.3 is 0 Å². The van der Waals surface area contributed by atoms with Crippen molar-refractivity contribution < 1.29 is 0 Å². The summed E-state index contributed by atoms with van der Waals surface area (Å²) in [5.74, 6) is 0.827. The average molecular weight is 339 g/mol. The van der Waals surface area contributed by atoms with Gasteiger partial charge in [0.1, 0.15) is 0 Å². The van der Waals surface area contributed by atoms with Crippen LogP contribution < -0.4 is 5.73 Å². The molecule has 1 aliphatic rings. The minimum Gasteiger partial charge on any atom is -0.330 e. The van der Waals surface area contributed by atoms with Crippen LogP contribution in [0.2, 0.25) is 0 Å². The standard InChI is InChI=1S/C17H27BrN2/c1-14-4-3-9-17(10-14,12-19)13-20(2)11-15-5-7-16(18)8-6-15/h5-8,14H,3-4,9-13,19H2,1-2H3. The third-order valence-electron chi connectivity index (χ3n) is 4.59. The lowest BCUT2D eigenvalue weighted by Crippen LogP contribution is -2.44. The Morgan fingerprint density at radius 1 is 1.35 bits per heavy atom. The van der Waals surface area contributed by atoms with Crippen LogP contribution in [0.1, 0.15) is 38.2 Å². The molecule has 112 valence electrons. The molecule has 0 aliphatic heterocycles. The summed E-state index contributed by atoms with van der Waals surface area (Å²) in [5, 5.41) is 0. The van der Waals surface area contributed by atoms with E-state index in [2.05, 4.69) is 59.1 Å². The van der Waals surface area contributed by atoms with Gasteiger partial charge in [-0.05, 0) is 55.5 Å². The van der Waals surface area contributed by atoms with Crippen LogP contribution in [0.4, 0.5) is 0 Å². The highest BCUT2D eigenvalue weighted by Gasteiger charge is 2.34. The van der Waals surface area contributed by atoms with Crippen LogP contribution in [0.5, 0.6) is 0 Å². The Labute approximate surface area is 131 Å². The van der Waals surface area contributed by atoms with Crippen LogP contribution in [-0.4, -0.2) is 25.0 Å². The molecule has 2 unspecified atom stereocenters. The van der Waals surface area contributed by atoms with Crippen molar-refractivity contribution in [3.63, 3.8) is 0 Å². The summed E-state index contributed by atoms with van der Waals surface area (Å²) in [6, 6.07) is 8.62. The first-order valence-corrected chi connectivity index (χ1v) is 8.45. The predicted octanol–water partition coefficient (Wildman–Crippen LogP) is 4.04. The number of benzene rings is 1. The minimum absolute atomic E-state index is 0.335. The van der Waals surface area contributed by atoms with Gasteiger partial charge in [0.2, 0.25) is 0 Å². The second-order valence-corrected chi connectivity index (χ2v) is 7.62. The van der Waals surface area contributed by atoms with Crippen molar-refractivity contribution in [3.05, 3.63) is 34.3 Å². The minimum atomic E-state index is 0.335. The molecule has 1 aliphatic carbocycles. The monoisotopic (exact) mass is 338 g/mol. The molecule has 1 fully saturated rings. The number of nitrogens with two attached hydrogens (primary N) is 1. The fraction of sp³-hybridized carbons (Fsp3) is 0.647. The van der Waals surface area contributed by atoms with Gasteiger partial charge in [0, 0.05) is 17.6 Å². The molecule has 2 rings (SSSR count). The van der Waals surface area contributed by atoms with Crippen LogP contribution in [-0.2, 0) is 6.54 Å². The van der Waals surface area contributed by atoms with Crippen molar-refractivity contribution in [3.8, 4) is 0 Å². The first kappa shape index (κ1) is 16.0. The maximum absolute atomic E-state index is 6.13. The SMILES string of the molecule is CC1CCCC(CN)(CN(C)Cc2ccc(Br)cc2)C1. The molecule has 0 aromatic heterocycles. The fourth-order valence-electron chi connectivity index (χ4n) is 3.69. The zero-order valence-electron chi connectivity index (χ0n) is 12.7. The van der Waals surface area contributed by atoms with Crippen molar-refractivity contribution in [2.45, 2.75) is 39.2 Å². The number of hydrogen-bond donors (Lipinski definition) is 1. The van der Waals surface area contributed by atoms with Crippen LogP contribution in [0, 0.1) is 11.3 Å². The van der Waals surface area contributed by atoms with E-state index in [1.54, 1.807) is 0 Å². The van der Waals surface area contributed by atoms with E-state index in [0.717, 1.165) is 30.0 Å². The van der Waals surface area contributed by atoms with Gasteiger partial charge in [0.15, 0.2) is 0 Å². The Morgan fingerprint density at radius 2 is 2.05 bits per heavy atom. The van der Waals surface area contributed by atoms with Gasteiger partial charge in [0.05, 0.1) is 0 Å². The molecular formula is C17H27BrN2. The molecule has 0 radical (unpaired) electrons. The number of nitrogens with zero attached hydrogens (tertiary/aromatic N) is 1. The van der Waals surface area contributed by atoms with Crippen LogP contribution in [0.3, 0.4) is 0 Å². The topological polar surface area (TPSA) is 29.3 Å². The number of rotatable bonds is 5. The lowest BCUT2D eigenvalue weighted by atomic mass is 9.70. The highest BCUT2D eigenvalue weighted by Crippen LogP contribution is 2.39. The van der Waals surface area contributed by atoms with E-state index >= 15 is 0 Å². The molecular weight excluding hydrogens is 312 g/mol. The summed E-state index contributed by atoms with van der Waals surface area (Å²) in [5.41, 5.74) is 7.83. The molecule has 1 saturated carbocycles. The van der Waals surface area contributed by atoms with Crippen molar-refractivity contribution >= 4 is 15.9 Å². The fourth-order valence-corrected chi connectivity index (χ4v) is 3.96. The Bertz CT molecular complexity index is 418. The first-order chi connectivity index (χ1) is 9.53. The summed E-state index contributed by atoms with van der Waals surface area (Å²) < 4.78 is 1.14. The molecule has 20 heavy (non-hydrogen) atoms. The van der Waals surface area contributed by atoms with E-state index in [1.165, 1.54) is 31.2 Å². The molecule has 0 spiro atoms. The second kappa shape index (κ2) is 7.06. The molecule has 0 bridgehead atoms. The first-order valence-electron chi connectivity index (χ1n) is 7.66. The van der Waals surface area contributed by atoms with E-state index < -0.39 is 0 Å². The Morgan fingerprint density at radius 3 is 2.65 bits per heavy atom. The molecule has 2 atom stereocenters. The van der Waals surface area contributed by atoms with E-state index in [4.69, 9.17) is 5.73 Å². The summed E-state index contributed by atoms with van der Waals surface area (Å²) in [6.45, 7) is 5.31. The molecule has 1 aromatic carbocycles. The predicted molar refractivity (Wildman–Crippen MR) is 89.6 cm³/mol. The summed E-state index contributed by atoms with van der Waals surface area (Å²) in [6.07, 6.45) is 5.29. The molecule has 2 nitrogen and oxygen atoms in total. The second-order valence-electron chi connectivity index (χ2n) is 6.70. The summed E-state index contributed by atoms with van der Waals surface area (Å²) >= 11 is 3.49. The van der Waals surface area contributed by atoms with E-state index in [0.29, 0.717) is 5.41 Å². The van der Waals surface area contributed by atoms with Gasteiger partial charge in [-0.15, -0.1) is 0 Å². The molecule has 3 heteroatoms. The lowest BCUT2D eigenvalue weighted by Gasteiger charge is -2.41. The van der Waals surface area contributed by atoms with Gasteiger partial charge < -0.3 is 10.6 Å². The van der Waals surface area contributed by atoms with Crippen molar-refractivity contribution in [1.29, 1.82) is 0 Å². The third-order valence-corrected chi connectivity index (χ3v) is 5.12. The highest BCUT2D eigenvalue weighted by molar-refractivity contribution is 9.10. The third kappa shape index (κ3) is 4.31. The summed E-state index contributed by atoms with van der Waals surface area (Å²) in [4.78, 5) is 2.44. The van der Waals surface area contributed by atoms with Crippen molar-refractivity contribution in [1.82, 2.24) is 4.90 Å². The van der Waals surface area contributed by atoms with Crippen molar-refractivity contribution in [2.24, 2.45) is 17.1 Å². The Kier molecular flexibility index (Phi) is 5.65. The van der Waals surface area contributed by atoms with Gasteiger partial charge in [-0.1, -0.05) is 47.8 Å². The van der Waals surface area contributed by atoms with Crippen LogP contribution in [0.15, 0.2) is 28.7 Å². The van der Waals surface area contributed by atoms with E-state index in [-0.39, 0.29) is 0 Å². The molecule has 1 aromatic rings. The van der Waals surface area contributed by atoms with E-state index in [1.807, 2.05) is 0 Å². The normalized spacial score (nSPS) is 26.9. The molecule has 0 heterocycles. The van der Waals surface area contributed by atoms with Gasteiger partial charge in [-0.25, -0.2) is 0 Å². The molecule has 2 N–H and O–H groups in total. The average Bonchev–Trinajstić information content (AvgIpc) is 2.41.